The predicted molar refractivity (Wildman–Crippen MR) is 82.7 cm³/mol. The summed E-state index contributed by atoms with van der Waals surface area (Å²) in [7, 11) is 0. The first kappa shape index (κ1) is 15.5. The van der Waals surface area contributed by atoms with Crippen LogP contribution in [0.2, 0.25) is 0 Å². The smallest absolute Gasteiger partial charge is 0.138 e. The summed E-state index contributed by atoms with van der Waals surface area (Å²) in [5.74, 6) is 1.16. The van der Waals surface area contributed by atoms with Crippen LogP contribution in [-0.4, -0.2) is 27.4 Å². The molecule has 1 fully saturated rings. The zero-order chi connectivity index (χ0) is 14.4. The molecule has 114 valence electrons. The summed E-state index contributed by atoms with van der Waals surface area (Å²) in [6, 6.07) is 0.784. The zero-order valence-corrected chi connectivity index (χ0v) is 13.4. The van der Waals surface area contributed by atoms with Crippen LogP contribution in [0.1, 0.15) is 65.1 Å². The van der Waals surface area contributed by atoms with Gasteiger partial charge in [0.05, 0.1) is 0 Å². The Morgan fingerprint density at radius 3 is 2.75 bits per heavy atom. The van der Waals surface area contributed by atoms with E-state index in [1.54, 1.807) is 6.33 Å². The van der Waals surface area contributed by atoms with Crippen molar-refractivity contribution in [2.24, 2.45) is 5.41 Å². The van der Waals surface area contributed by atoms with E-state index in [1.807, 2.05) is 4.68 Å². The van der Waals surface area contributed by atoms with Crippen molar-refractivity contribution < 1.29 is 0 Å². The second-order valence-corrected chi connectivity index (χ2v) is 6.28. The second kappa shape index (κ2) is 7.21. The van der Waals surface area contributed by atoms with Crippen LogP contribution in [0, 0.1) is 5.41 Å². The SMILES string of the molecule is CCCCC(CC)(CNC1CC1)Cc1ncnn1CC. The molecule has 1 aliphatic carbocycles. The molecule has 0 aliphatic heterocycles. The van der Waals surface area contributed by atoms with Gasteiger partial charge in [-0.25, -0.2) is 4.98 Å². The average molecular weight is 278 g/mol. The maximum atomic E-state index is 4.49. The summed E-state index contributed by atoms with van der Waals surface area (Å²) in [4.78, 5) is 4.49. The molecule has 0 bridgehead atoms. The number of unbranched alkanes of at least 4 members (excludes halogenated alkanes) is 1. The van der Waals surface area contributed by atoms with E-state index in [1.165, 1.54) is 38.5 Å². The first-order chi connectivity index (χ1) is 9.73. The van der Waals surface area contributed by atoms with E-state index in [0.717, 1.165) is 31.4 Å². The van der Waals surface area contributed by atoms with E-state index in [0.29, 0.717) is 5.41 Å². The lowest BCUT2D eigenvalue weighted by atomic mass is 9.77. The normalized spacial score (nSPS) is 18.1. The van der Waals surface area contributed by atoms with Gasteiger partial charge in [-0.1, -0.05) is 26.7 Å². The summed E-state index contributed by atoms with van der Waals surface area (Å²) in [5, 5.41) is 8.08. The standard InChI is InChI=1S/C16H30N4/c1-4-7-10-16(5-2,12-17-14-8-9-14)11-15-18-13-19-20(15)6-3/h13-14,17H,4-12H2,1-3H3. The fourth-order valence-corrected chi connectivity index (χ4v) is 2.89. The van der Waals surface area contributed by atoms with E-state index >= 15 is 0 Å². The summed E-state index contributed by atoms with van der Waals surface area (Å²) in [6.45, 7) is 8.80. The molecule has 4 nitrogen and oxygen atoms in total. The number of aryl methyl sites for hydroxylation is 1. The summed E-state index contributed by atoms with van der Waals surface area (Å²) in [5.41, 5.74) is 0.346. The van der Waals surface area contributed by atoms with Crippen LogP contribution < -0.4 is 5.32 Å². The molecule has 20 heavy (non-hydrogen) atoms. The van der Waals surface area contributed by atoms with Gasteiger partial charge < -0.3 is 5.32 Å². The van der Waals surface area contributed by atoms with Crippen LogP contribution >= 0.6 is 0 Å². The Labute approximate surface area is 123 Å². The highest BCUT2D eigenvalue weighted by molar-refractivity contribution is 4.96. The highest BCUT2D eigenvalue weighted by Crippen LogP contribution is 2.33. The molecular formula is C16H30N4. The van der Waals surface area contributed by atoms with Gasteiger partial charge in [0, 0.05) is 25.6 Å². The number of nitrogens with zero attached hydrogens (tertiary/aromatic N) is 3. The molecule has 0 amide bonds. The molecule has 0 aromatic carbocycles. The molecule has 1 heterocycles. The topological polar surface area (TPSA) is 42.7 Å². The molecular weight excluding hydrogens is 248 g/mol. The lowest BCUT2D eigenvalue weighted by molar-refractivity contribution is 0.220. The Morgan fingerprint density at radius 1 is 1.35 bits per heavy atom. The molecule has 0 radical (unpaired) electrons. The first-order valence-corrected chi connectivity index (χ1v) is 8.33. The number of nitrogens with one attached hydrogen (secondary N) is 1. The molecule has 2 rings (SSSR count). The van der Waals surface area contributed by atoms with Crippen LogP contribution in [-0.2, 0) is 13.0 Å². The number of hydrogen-bond donors (Lipinski definition) is 1. The van der Waals surface area contributed by atoms with Crippen molar-refractivity contribution >= 4 is 0 Å². The predicted octanol–water partition coefficient (Wildman–Crippen LogP) is 3.18. The third-order valence-electron chi connectivity index (χ3n) is 4.68. The number of aromatic nitrogens is 3. The van der Waals surface area contributed by atoms with Gasteiger partial charge in [0.2, 0.25) is 0 Å². The maximum absolute atomic E-state index is 4.49. The van der Waals surface area contributed by atoms with Gasteiger partial charge in [-0.05, 0) is 38.0 Å². The van der Waals surface area contributed by atoms with Crippen molar-refractivity contribution in [1.82, 2.24) is 20.1 Å². The summed E-state index contributed by atoms with van der Waals surface area (Å²) in [6.07, 6.45) is 10.5. The third kappa shape index (κ3) is 4.05. The van der Waals surface area contributed by atoms with Gasteiger partial charge in [-0.3, -0.25) is 4.68 Å². The third-order valence-corrected chi connectivity index (χ3v) is 4.68. The van der Waals surface area contributed by atoms with Gasteiger partial charge in [0.1, 0.15) is 12.2 Å². The van der Waals surface area contributed by atoms with Crippen molar-refractivity contribution in [2.45, 2.75) is 78.3 Å². The Morgan fingerprint density at radius 2 is 2.15 bits per heavy atom. The van der Waals surface area contributed by atoms with E-state index in [4.69, 9.17) is 0 Å². The lowest BCUT2D eigenvalue weighted by Gasteiger charge is -2.33. The van der Waals surface area contributed by atoms with Gasteiger partial charge in [-0.15, -0.1) is 0 Å². The highest BCUT2D eigenvalue weighted by atomic mass is 15.3. The van der Waals surface area contributed by atoms with Crippen molar-refractivity contribution in [3.05, 3.63) is 12.2 Å². The quantitative estimate of drug-likeness (QED) is 0.715. The number of hydrogen-bond acceptors (Lipinski definition) is 3. The fraction of sp³-hybridized carbons (Fsp3) is 0.875. The van der Waals surface area contributed by atoms with Crippen molar-refractivity contribution in [2.75, 3.05) is 6.54 Å². The molecule has 1 N–H and O–H groups in total. The molecule has 0 spiro atoms. The summed E-state index contributed by atoms with van der Waals surface area (Å²) < 4.78 is 2.05. The fourth-order valence-electron chi connectivity index (χ4n) is 2.89. The summed E-state index contributed by atoms with van der Waals surface area (Å²) >= 11 is 0. The Balaban J connectivity index is 2.05. The molecule has 1 atom stereocenters. The van der Waals surface area contributed by atoms with Crippen molar-refractivity contribution in [1.29, 1.82) is 0 Å². The zero-order valence-electron chi connectivity index (χ0n) is 13.4. The highest BCUT2D eigenvalue weighted by Gasteiger charge is 2.32. The van der Waals surface area contributed by atoms with Gasteiger partial charge in [0.25, 0.3) is 0 Å². The first-order valence-electron chi connectivity index (χ1n) is 8.33. The monoisotopic (exact) mass is 278 g/mol. The van der Waals surface area contributed by atoms with Crippen LogP contribution in [0.15, 0.2) is 6.33 Å². The average Bonchev–Trinajstić information content (AvgIpc) is 3.20. The minimum absolute atomic E-state index is 0.346. The van der Waals surface area contributed by atoms with E-state index in [-0.39, 0.29) is 0 Å². The molecule has 1 unspecified atom stereocenters. The van der Waals surface area contributed by atoms with Crippen LogP contribution in [0.5, 0.6) is 0 Å². The largest absolute Gasteiger partial charge is 0.313 e. The molecule has 1 aromatic rings. The van der Waals surface area contributed by atoms with E-state index in [9.17, 15) is 0 Å². The van der Waals surface area contributed by atoms with Gasteiger partial charge in [0.15, 0.2) is 0 Å². The van der Waals surface area contributed by atoms with Crippen molar-refractivity contribution in [3.63, 3.8) is 0 Å². The molecule has 0 saturated heterocycles. The maximum Gasteiger partial charge on any atom is 0.138 e. The molecule has 4 heteroatoms. The van der Waals surface area contributed by atoms with Gasteiger partial charge in [-0.2, -0.15) is 5.10 Å². The molecule has 1 saturated carbocycles. The van der Waals surface area contributed by atoms with Gasteiger partial charge >= 0.3 is 0 Å². The minimum Gasteiger partial charge on any atom is -0.313 e. The second-order valence-electron chi connectivity index (χ2n) is 6.28. The van der Waals surface area contributed by atoms with E-state index < -0.39 is 0 Å². The van der Waals surface area contributed by atoms with Crippen molar-refractivity contribution in [3.8, 4) is 0 Å². The van der Waals surface area contributed by atoms with Crippen LogP contribution in [0.25, 0.3) is 0 Å². The minimum atomic E-state index is 0.346. The Kier molecular flexibility index (Phi) is 5.58. The Hall–Kier alpha value is -0.900. The van der Waals surface area contributed by atoms with Crippen LogP contribution in [0.3, 0.4) is 0 Å². The lowest BCUT2D eigenvalue weighted by Crippen LogP contribution is -2.37. The molecule has 1 aliphatic rings. The van der Waals surface area contributed by atoms with Crippen LogP contribution in [0.4, 0.5) is 0 Å². The number of rotatable bonds is 10. The molecule has 1 aromatic heterocycles. The van der Waals surface area contributed by atoms with E-state index in [2.05, 4.69) is 36.2 Å². The Bertz CT molecular complexity index is 397.